The summed E-state index contributed by atoms with van der Waals surface area (Å²) in [6.07, 6.45) is 0.297. The molecule has 0 amide bonds. The Hall–Kier alpha value is -2.36. The molecule has 1 atom stereocenters. The summed E-state index contributed by atoms with van der Waals surface area (Å²) in [5, 5.41) is 9.62. The molecule has 1 N–H and O–H groups in total. The fourth-order valence-electron chi connectivity index (χ4n) is 2.31. The maximum Gasteiger partial charge on any atom is 0.314 e. The van der Waals surface area contributed by atoms with E-state index in [0.717, 1.165) is 5.56 Å². The van der Waals surface area contributed by atoms with Gasteiger partial charge in [0.2, 0.25) is 0 Å². The van der Waals surface area contributed by atoms with Crippen molar-refractivity contribution in [1.29, 1.82) is 0 Å². The van der Waals surface area contributed by atoms with Crippen LogP contribution in [-0.4, -0.2) is 18.2 Å². The second-order valence-electron chi connectivity index (χ2n) is 5.17. The maximum absolute atomic E-state index is 13.0. The number of benzene rings is 2. The molecule has 1 unspecified atom stereocenters. The number of carboxylic acids is 1. The summed E-state index contributed by atoms with van der Waals surface area (Å²) in [5.41, 5.74) is 0.294. The number of rotatable bonds is 5. The number of hydrogen-bond donors (Lipinski definition) is 1. The molecule has 2 aromatic carbocycles. The fourth-order valence-corrected chi connectivity index (χ4v) is 2.31. The number of ether oxygens (including phenoxy) is 1. The van der Waals surface area contributed by atoms with Gasteiger partial charge in [0, 0.05) is 0 Å². The van der Waals surface area contributed by atoms with Gasteiger partial charge in [0.05, 0.1) is 12.5 Å². The largest absolute Gasteiger partial charge is 0.497 e. The average molecular weight is 288 g/mol. The third-order valence-electron chi connectivity index (χ3n) is 3.65. The summed E-state index contributed by atoms with van der Waals surface area (Å²) in [5.74, 6) is -0.649. The molecule has 2 aromatic rings. The molecule has 2 rings (SSSR count). The van der Waals surface area contributed by atoms with Crippen molar-refractivity contribution in [2.45, 2.75) is 18.8 Å². The van der Waals surface area contributed by atoms with Crippen LogP contribution in [0.4, 0.5) is 4.39 Å². The molecule has 0 radical (unpaired) electrons. The van der Waals surface area contributed by atoms with Gasteiger partial charge in [-0.3, -0.25) is 4.79 Å². The van der Waals surface area contributed by atoms with Crippen LogP contribution in [0, 0.1) is 5.82 Å². The maximum atomic E-state index is 13.0. The first-order valence-corrected chi connectivity index (χ1v) is 6.58. The van der Waals surface area contributed by atoms with Gasteiger partial charge in [-0.05, 0) is 48.7 Å². The number of aliphatic carboxylic acids is 1. The molecule has 0 aromatic heterocycles. The second-order valence-corrected chi connectivity index (χ2v) is 5.17. The molecule has 0 aliphatic rings. The lowest BCUT2D eigenvalue weighted by Gasteiger charge is -2.25. The van der Waals surface area contributed by atoms with Gasteiger partial charge in [-0.15, -0.1) is 0 Å². The van der Waals surface area contributed by atoms with Crippen LogP contribution < -0.4 is 4.74 Å². The van der Waals surface area contributed by atoms with E-state index in [-0.39, 0.29) is 5.82 Å². The van der Waals surface area contributed by atoms with E-state index in [2.05, 4.69) is 0 Å². The molecule has 0 heterocycles. The highest BCUT2D eigenvalue weighted by Gasteiger charge is 2.35. The van der Waals surface area contributed by atoms with Crippen molar-refractivity contribution in [3.8, 4) is 5.75 Å². The van der Waals surface area contributed by atoms with Crippen molar-refractivity contribution >= 4 is 5.97 Å². The normalized spacial score (nSPS) is 13.5. The molecule has 0 fully saturated rings. The summed E-state index contributed by atoms with van der Waals surface area (Å²) < 4.78 is 18.2. The Morgan fingerprint density at radius 2 is 1.90 bits per heavy atom. The van der Waals surface area contributed by atoms with E-state index in [4.69, 9.17) is 4.74 Å². The van der Waals surface area contributed by atoms with E-state index < -0.39 is 11.4 Å². The van der Waals surface area contributed by atoms with Crippen molar-refractivity contribution in [3.63, 3.8) is 0 Å². The highest BCUT2D eigenvalue weighted by molar-refractivity contribution is 5.81. The van der Waals surface area contributed by atoms with Crippen molar-refractivity contribution in [3.05, 3.63) is 65.5 Å². The van der Waals surface area contributed by atoms with Gasteiger partial charge in [0.15, 0.2) is 0 Å². The predicted octanol–water partition coefficient (Wildman–Crippen LogP) is 3.42. The third-order valence-corrected chi connectivity index (χ3v) is 3.65. The summed E-state index contributed by atoms with van der Waals surface area (Å²) >= 11 is 0. The van der Waals surface area contributed by atoms with E-state index >= 15 is 0 Å². The van der Waals surface area contributed by atoms with Crippen molar-refractivity contribution in [1.82, 2.24) is 0 Å². The van der Waals surface area contributed by atoms with E-state index in [1.54, 1.807) is 20.1 Å². The molecule has 4 heteroatoms. The number of halogens is 1. The van der Waals surface area contributed by atoms with Gasteiger partial charge in [-0.25, -0.2) is 4.39 Å². The lowest BCUT2D eigenvalue weighted by Crippen LogP contribution is -2.34. The van der Waals surface area contributed by atoms with Crippen molar-refractivity contribution in [2.75, 3.05) is 7.11 Å². The minimum atomic E-state index is -1.12. The standard InChI is InChI=1S/C17H17FO3/c1-17(16(19)20,13-6-8-14(18)9-7-13)11-12-4-3-5-15(10-12)21-2/h3-10H,11H2,1-2H3,(H,19,20). The first-order valence-electron chi connectivity index (χ1n) is 6.58. The molecular formula is C17H17FO3. The third kappa shape index (κ3) is 3.21. The first-order chi connectivity index (χ1) is 9.95. The molecule has 3 nitrogen and oxygen atoms in total. The van der Waals surface area contributed by atoms with Crippen LogP contribution in [0.2, 0.25) is 0 Å². The average Bonchev–Trinajstić information content (AvgIpc) is 2.47. The Balaban J connectivity index is 2.38. The van der Waals surface area contributed by atoms with Crippen molar-refractivity contribution in [2.24, 2.45) is 0 Å². The quantitative estimate of drug-likeness (QED) is 0.917. The van der Waals surface area contributed by atoms with E-state index in [0.29, 0.717) is 17.7 Å². The van der Waals surface area contributed by atoms with E-state index in [1.807, 2.05) is 18.2 Å². The van der Waals surface area contributed by atoms with Crippen LogP contribution in [0.15, 0.2) is 48.5 Å². The molecule has 0 saturated carbocycles. The second kappa shape index (κ2) is 5.95. The smallest absolute Gasteiger partial charge is 0.314 e. The Labute approximate surface area is 123 Å². The van der Waals surface area contributed by atoms with Gasteiger partial charge in [-0.1, -0.05) is 24.3 Å². The van der Waals surface area contributed by atoms with Crippen LogP contribution in [0.25, 0.3) is 0 Å². The van der Waals surface area contributed by atoms with E-state index in [9.17, 15) is 14.3 Å². The minimum Gasteiger partial charge on any atom is -0.497 e. The zero-order valence-corrected chi connectivity index (χ0v) is 12.0. The zero-order chi connectivity index (χ0) is 15.5. The zero-order valence-electron chi connectivity index (χ0n) is 12.0. The predicted molar refractivity (Wildman–Crippen MR) is 78.1 cm³/mol. The monoisotopic (exact) mass is 288 g/mol. The number of carbonyl (C=O) groups is 1. The van der Waals surface area contributed by atoms with Crippen LogP contribution in [0.1, 0.15) is 18.1 Å². The number of methoxy groups -OCH3 is 1. The summed E-state index contributed by atoms with van der Waals surface area (Å²) in [6.45, 7) is 1.64. The first kappa shape index (κ1) is 15.0. The van der Waals surface area contributed by atoms with Crippen LogP contribution in [0.3, 0.4) is 0 Å². The van der Waals surface area contributed by atoms with Gasteiger partial charge >= 0.3 is 5.97 Å². The van der Waals surface area contributed by atoms with Crippen molar-refractivity contribution < 1.29 is 19.0 Å². The Morgan fingerprint density at radius 1 is 1.24 bits per heavy atom. The minimum absolute atomic E-state index is 0.297. The topological polar surface area (TPSA) is 46.5 Å². The Morgan fingerprint density at radius 3 is 2.48 bits per heavy atom. The molecular weight excluding hydrogens is 271 g/mol. The SMILES string of the molecule is COc1cccc(CC(C)(C(=O)O)c2ccc(F)cc2)c1. The van der Waals surface area contributed by atoms with E-state index in [1.165, 1.54) is 24.3 Å². The van der Waals surface area contributed by atoms with Gasteiger partial charge in [0.25, 0.3) is 0 Å². The number of hydrogen-bond acceptors (Lipinski definition) is 2. The molecule has 0 bridgehead atoms. The summed E-state index contributed by atoms with van der Waals surface area (Å²) in [7, 11) is 1.56. The Bertz CT molecular complexity index is 637. The molecule has 0 saturated heterocycles. The summed E-state index contributed by atoms with van der Waals surface area (Å²) in [4.78, 5) is 11.7. The summed E-state index contributed by atoms with van der Waals surface area (Å²) in [6, 6.07) is 12.9. The fraction of sp³-hybridized carbons (Fsp3) is 0.235. The number of carboxylic acid groups (broad SMARTS) is 1. The molecule has 0 aliphatic carbocycles. The van der Waals surface area contributed by atoms with Gasteiger partial charge in [0.1, 0.15) is 11.6 Å². The lowest BCUT2D eigenvalue weighted by atomic mass is 9.77. The molecule has 21 heavy (non-hydrogen) atoms. The molecule has 0 spiro atoms. The highest BCUT2D eigenvalue weighted by atomic mass is 19.1. The molecule has 110 valence electrons. The van der Waals surface area contributed by atoms with Crippen LogP contribution in [0.5, 0.6) is 5.75 Å². The van der Waals surface area contributed by atoms with Gasteiger partial charge in [-0.2, -0.15) is 0 Å². The molecule has 0 aliphatic heterocycles. The van der Waals surface area contributed by atoms with Crippen LogP contribution >= 0.6 is 0 Å². The highest BCUT2D eigenvalue weighted by Crippen LogP contribution is 2.30. The lowest BCUT2D eigenvalue weighted by molar-refractivity contribution is -0.143. The Kier molecular flexibility index (Phi) is 4.26. The van der Waals surface area contributed by atoms with Gasteiger partial charge < -0.3 is 9.84 Å². The van der Waals surface area contributed by atoms with Crippen LogP contribution in [-0.2, 0) is 16.6 Å².